The summed E-state index contributed by atoms with van der Waals surface area (Å²) in [6.07, 6.45) is 22.0. The van der Waals surface area contributed by atoms with Crippen molar-refractivity contribution in [2.75, 3.05) is 13.2 Å². The molecule has 6 aliphatic carbocycles. The average molecular weight is 620 g/mol. The molecule has 0 bridgehead atoms. The van der Waals surface area contributed by atoms with Crippen molar-refractivity contribution in [1.29, 1.82) is 0 Å². The summed E-state index contributed by atoms with van der Waals surface area (Å²) in [6, 6.07) is 0. The van der Waals surface area contributed by atoms with E-state index < -0.39 is 0 Å². The third-order valence-electron chi connectivity index (χ3n) is 16.5. The smallest absolute Gasteiger partial charge is 0.308 e. The largest absolute Gasteiger partial charge is 0.466 e. The minimum absolute atomic E-state index is 0.0431. The van der Waals surface area contributed by atoms with Crippen LogP contribution in [-0.2, 0) is 9.53 Å². The molecule has 0 unspecified atom stereocenters. The van der Waals surface area contributed by atoms with Gasteiger partial charge in [-0.05, 0) is 174 Å². The topological polar surface area (TPSA) is 38.3 Å². The fraction of sp³-hybridized carbons (Fsp3) is 0.881. The molecule has 0 heterocycles. The van der Waals surface area contributed by atoms with Crippen molar-refractivity contribution < 1.29 is 9.53 Å². The number of rotatable bonds is 8. The number of hydrogen-bond donors (Lipinski definition) is 1. The first-order valence-electron chi connectivity index (χ1n) is 19.5. The fourth-order valence-corrected chi connectivity index (χ4v) is 14.0. The first kappa shape index (κ1) is 33.8. The van der Waals surface area contributed by atoms with E-state index in [1.165, 1.54) is 95.6 Å². The molecule has 6 rings (SSSR count). The number of nitrogens with one attached hydrogen (secondary N) is 1. The summed E-state index contributed by atoms with van der Waals surface area (Å²) in [4.78, 5) is 12.4. The Hall–Kier alpha value is -1.09. The summed E-state index contributed by atoms with van der Waals surface area (Å²) < 4.78 is 5.36. The van der Waals surface area contributed by atoms with E-state index in [-0.39, 0.29) is 17.3 Å². The van der Waals surface area contributed by atoms with Crippen LogP contribution in [0, 0.1) is 63.1 Å². The maximum atomic E-state index is 12.4. The quantitative estimate of drug-likeness (QED) is 0.217. The van der Waals surface area contributed by atoms with Crippen molar-refractivity contribution in [3.05, 3.63) is 23.8 Å². The summed E-state index contributed by atoms with van der Waals surface area (Å²) in [6.45, 7) is 26.4. The number of ether oxygens (including phenoxy) is 1. The van der Waals surface area contributed by atoms with Gasteiger partial charge >= 0.3 is 5.97 Å². The fourth-order valence-electron chi connectivity index (χ4n) is 14.0. The summed E-state index contributed by atoms with van der Waals surface area (Å²) in [5, 5.41) is 4.21. The van der Waals surface area contributed by atoms with E-state index in [0.717, 1.165) is 42.4 Å². The first-order chi connectivity index (χ1) is 21.3. The van der Waals surface area contributed by atoms with Crippen LogP contribution in [0.2, 0.25) is 0 Å². The third kappa shape index (κ3) is 5.17. The van der Waals surface area contributed by atoms with Crippen LogP contribution >= 0.6 is 0 Å². The number of carbonyl (C=O) groups is 1. The Labute approximate surface area is 277 Å². The minimum Gasteiger partial charge on any atom is -0.466 e. The van der Waals surface area contributed by atoms with Gasteiger partial charge in [0.1, 0.15) is 0 Å². The molecule has 0 saturated heterocycles. The molecule has 0 amide bonds. The van der Waals surface area contributed by atoms with Crippen LogP contribution in [0.3, 0.4) is 0 Å². The second-order valence-corrected chi connectivity index (χ2v) is 18.6. The second kappa shape index (κ2) is 12.1. The monoisotopic (exact) mass is 620 g/mol. The Morgan fingerprint density at radius 1 is 0.889 bits per heavy atom. The van der Waals surface area contributed by atoms with Gasteiger partial charge in [0.15, 0.2) is 0 Å². The van der Waals surface area contributed by atoms with Crippen molar-refractivity contribution in [2.24, 2.45) is 63.1 Å². The highest BCUT2D eigenvalue weighted by Crippen LogP contribution is 2.76. The van der Waals surface area contributed by atoms with Crippen LogP contribution in [0.25, 0.3) is 0 Å². The molecule has 0 spiro atoms. The van der Waals surface area contributed by atoms with Gasteiger partial charge in [0.25, 0.3) is 0 Å². The van der Waals surface area contributed by atoms with Gasteiger partial charge in [0, 0.05) is 5.54 Å². The van der Waals surface area contributed by atoms with Crippen molar-refractivity contribution in [2.45, 2.75) is 157 Å². The van der Waals surface area contributed by atoms with Gasteiger partial charge in [-0.2, -0.15) is 0 Å². The highest BCUT2D eigenvalue weighted by atomic mass is 16.5. The Morgan fingerprint density at radius 2 is 1.62 bits per heavy atom. The molecule has 45 heavy (non-hydrogen) atoms. The zero-order valence-corrected chi connectivity index (χ0v) is 30.7. The van der Waals surface area contributed by atoms with E-state index in [2.05, 4.69) is 66.4 Å². The third-order valence-corrected chi connectivity index (χ3v) is 16.5. The van der Waals surface area contributed by atoms with E-state index in [1.807, 2.05) is 6.92 Å². The standard InChI is InChI=1S/C42H69NO2/c1-10-26-43-42-23-19-32(28(3)4)36(42)33-16-17-35-39(7)21-18-31(27-29-12-14-30(15-13-29)37(44)45-11-2)38(5,6)34(39)20-22-41(35,9)40(33,8)24-25-42/h18,29-30,32-36,43H,3,10-17,19-27H2,1-2,4-9H3/t29?,30?,32-,33+,34-,35+,36+,39-,40+,41+,42-/m0/s1. The molecular weight excluding hydrogens is 550 g/mol. The van der Waals surface area contributed by atoms with E-state index in [1.54, 1.807) is 5.57 Å². The molecule has 0 aromatic rings. The lowest BCUT2D eigenvalue weighted by molar-refractivity contribution is -0.221. The van der Waals surface area contributed by atoms with Gasteiger partial charge < -0.3 is 10.1 Å². The highest BCUT2D eigenvalue weighted by molar-refractivity contribution is 5.72. The number of esters is 1. The van der Waals surface area contributed by atoms with Crippen LogP contribution in [0.5, 0.6) is 0 Å². The summed E-state index contributed by atoms with van der Waals surface area (Å²) in [5.74, 6) is 4.74. The Morgan fingerprint density at radius 3 is 2.29 bits per heavy atom. The summed E-state index contributed by atoms with van der Waals surface area (Å²) in [5.41, 5.74) is 5.00. The minimum atomic E-state index is 0.0431. The predicted octanol–water partition coefficient (Wildman–Crippen LogP) is 10.7. The normalized spacial score (nSPS) is 47.0. The van der Waals surface area contributed by atoms with Gasteiger partial charge in [-0.1, -0.05) is 65.3 Å². The Kier molecular flexibility index (Phi) is 9.09. The molecule has 0 aromatic carbocycles. The van der Waals surface area contributed by atoms with Gasteiger partial charge in [-0.25, -0.2) is 0 Å². The van der Waals surface area contributed by atoms with Crippen molar-refractivity contribution in [1.82, 2.24) is 5.32 Å². The first-order valence-corrected chi connectivity index (χ1v) is 19.5. The van der Waals surface area contributed by atoms with E-state index in [9.17, 15) is 4.79 Å². The van der Waals surface area contributed by atoms with Crippen LogP contribution in [0.15, 0.2) is 23.8 Å². The van der Waals surface area contributed by atoms with Crippen LogP contribution in [0.1, 0.15) is 152 Å². The molecule has 6 aliphatic rings. The maximum absolute atomic E-state index is 12.4. The number of hydrogen-bond acceptors (Lipinski definition) is 3. The lowest BCUT2D eigenvalue weighted by atomic mass is 9.33. The van der Waals surface area contributed by atoms with E-state index >= 15 is 0 Å². The zero-order valence-electron chi connectivity index (χ0n) is 30.7. The van der Waals surface area contributed by atoms with Crippen molar-refractivity contribution in [3.63, 3.8) is 0 Å². The number of fused-ring (bicyclic) bond motifs is 7. The molecule has 1 N–H and O–H groups in total. The van der Waals surface area contributed by atoms with Crippen LogP contribution in [0.4, 0.5) is 0 Å². The highest BCUT2D eigenvalue weighted by Gasteiger charge is 2.70. The molecule has 9 atom stereocenters. The SMILES string of the molecule is C=C(C)[C@@H]1CC[C@]2(NCCC)CC[C@]3(C)[C@H](CC[C@@H]4[C@@]5(C)CC=C(CC6CCC(C(=O)OCC)CC6)C(C)(C)[C@@H]5CC[C@]43C)[C@@H]12. The molecule has 0 aromatic heterocycles. The Balaban J connectivity index is 1.23. The molecule has 5 fully saturated rings. The maximum Gasteiger partial charge on any atom is 0.308 e. The molecule has 254 valence electrons. The van der Waals surface area contributed by atoms with E-state index in [4.69, 9.17) is 4.74 Å². The lowest BCUT2D eigenvalue weighted by Gasteiger charge is -2.72. The zero-order chi connectivity index (χ0) is 32.4. The summed E-state index contributed by atoms with van der Waals surface area (Å²) in [7, 11) is 0. The molecular formula is C42H69NO2. The van der Waals surface area contributed by atoms with Gasteiger partial charge in [-0.3, -0.25) is 4.79 Å². The Bertz CT molecular complexity index is 1160. The van der Waals surface area contributed by atoms with Crippen LogP contribution in [-0.4, -0.2) is 24.7 Å². The van der Waals surface area contributed by atoms with Gasteiger partial charge in [0.05, 0.1) is 12.5 Å². The molecule has 0 radical (unpaired) electrons. The van der Waals surface area contributed by atoms with Crippen molar-refractivity contribution in [3.8, 4) is 0 Å². The molecule has 3 heteroatoms. The van der Waals surface area contributed by atoms with Crippen LogP contribution < -0.4 is 5.32 Å². The molecule has 3 nitrogen and oxygen atoms in total. The van der Waals surface area contributed by atoms with Crippen molar-refractivity contribution >= 4 is 5.97 Å². The number of allylic oxidation sites excluding steroid dienone is 3. The average Bonchev–Trinajstić information content (AvgIpc) is 3.38. The lowest BCUT2D eigenvalue weighted by Crippen LogP contribution is -2.68. The second-order valence-electron chi connectivity index (χ2n) is 18.6. The van der Waals surface area contributed by atoms with E-state index in [0.29, 0.717) is 34.3 Å². The van der Waals surface area contributed by atoms with Gasteiger partial charge in [0.2, 0.25) is 0 Å². The summed E-state index contributed by atoms with van der Waals surface area (Å²) >= 11 is 0. The molecule has 5 saturated carbocycles. The van der Waals surface area contributed by atoms with Gasteiger partial charge in [-0.15, -0.1) is 0 Å². The molecule has 0 aliphatic heterocycles. The predicted molar refractivity (Wildman–Crippen MR) is 188 cm³/mol. The number of carbonyl (C=O) groups excluding carboxylic acids is 1.